The molecule has 0 spiro atoms. The normalized spacial score (nSPS) is 11.3. The van der Waals surface area contributed by atoms with E-state index in [1.54, 1.807) is 23.8 Å². The van der Waals surface area contributed by atoms with Crippen LogP contribution in [0.3, 0.4) is 0 Å². The van der Waals surface area contributed by atoms with Crippen LogP contribution in [0.25, 0.3) is 27.0 Å². The number of aromatic nitrogens is 2. The van der Waals surface area contributed by atoms with Gasteiger partial charge in [0, 0.05) is 23.3 Å². The molecule has 29 heavy (non-hydrogen) atoms. The maximum Gasteiger partial charge on any atom is 0.268 e. The smallest absolute Gasteiger partial charge is 0.268 e. The average Bonchev–Trinajstić information content (AvgIpc) is 3.06. The van der Waals surface area contributed by atoms with Gasteiger partial charge in [0.15, 0.2) is 5.16 Å². The number of ether oxygens (including phenoxy) is 1. The fourth-order valence-corrected chi connectivity index (χ4v) is 5.22. The van der Waals surface area contributed by atoms with E-state index < -0.39 is 0 Å². The van der Waals surface area contributed by atoms with E-state index in [9.17, 15) is 9.18 Å². The van der Waals surface area contributed by atoms with Crippen molar-refractivity contribution in [2.24, 2.45) is 0 Å². The number of fused-ring (bicyclic) bond motifs is 1. The van der Waals surface area contributed by atoms with Crippen LogP contribution < -0.4 is 5.56 Å². The summed E-state index contributed by atoms with van der Waals surface area (Å²) in [5, 5.41) is 1.21. The summed E-state index contributed by atoms with van der Waals surface area (Å²) < 4.78 is 20.2. The number of thioether (sulfide) groups is 1. The number of nitrogens with zero attached hydrogens (tertiary/aromatic N) is 2. The summed E-state index contributed by atoms with van der Waals surface area (Å²) in [6.45, 7) is 2.53. The fraction of sp³-hybridized carbons (Fsp3) is 0.182. The summed E-state index contributed by atoms with van der Waals surface area (Å²) >= 11 is 2.98. The Balaban J connectivity index is 1.98. The van der Waals surface area contributed by atoms with Crippen molar-refractivity contribution in [3.8, 4) is 16.8 Å². The summed E-state index contributed by atoms with van der Waals surface area (Å²) in [4.78, 5) is 20.2. The van der Waals surface area contributed by atoms with Crippen LogP contribution in [-0.4, -0.2) is 29.0 Å². The standard InChI is InChI=1S/C22H19FN2O2S2/c1-14-18(15-8-10-16(23)11-9-15)19-20(29-14)24-22(28-13-12-27-2)25(21(19)26)17-6-4-3-5-7-17/h3-11H,12-13H2,1-2H3. The molecule has 7 heteroatoms. The molecule has 0 saturated carbocycles. The number of benzene rings is 2. The van der Waals surface area contributed by atoms with Crippen LogP contribution in [0.15, 0.2) is 64.5 Å². The zero-order valence-corrected chi connectivity index (χ0v) is 17.6. The first kappa shape index (κ1) is 19.8. The summed E-state index contributed by atoms with van der Waals surface area (Å²) in [7, 11) is 1.65. The summed E-state index contributed by atoms with van der Waals surface area (Å²) in [5.74, 6) is 0.388. The number of para-hydroxylation sites is 1. The molecule has 0 aliphatic carbocycles. The van der Waals surface area contributed by atoms with Crippen LogP contribution in [0.2, 0.25) is 0 Å². The van der Waals surface area contributed by atoms with Gasteiger partial charge in [0.1, 0.15) is 10.6 Å². The van der Waals surface area contributed by atoms with Crippen LogP contribution >= 0.6 is 23.1 Å². The zero-order chi connectivity index (χ0) is 20.4. The van der Waals surface area contributed by atoms with E-state index in [0.717, 1.165) is 21.7 Å². The highest BCUT2D eigenvalue weighted by atomic mass is 32.2. The number of methoxy groups -OCH3 is 1. The molecule has 0 aliphatic heterocycles. The molecule has 0 fully saturated rings. The molecule has 0 aliphatic rings. The molecule has 0 amide bonds. The van der Waals surface area contributed by atoms with E-state index in [-0.39, 0.29) is 11.4 Å². The van der Waals surface area contributed by atoms with E-state index in [2.05, 4.69) is 0 Å². The molecule has 4 rings (SSSR count). The van der Waals surface area contributed by atoms with Gasteiger partial charge < -0.3 is 4.74 Å². The largest absolute Gasteiger partial charge is 0.384 e. The van der Waals surface area contributed by atoms with Crippen molar-refractivity contribution in [2.45, 2.75) is 12.1 Å². The van der Waals surface area contributed by atoms with Crippen LogP contribution in [0.5, 0.6) is 0 Å². The van der Waals surface area contributed by atoms with Crippen molar-refractivity contribution in [2.75, 3.05) is 19.5 Å². The molecule has 2 heterocycles. The van der Waals surface area contributed by atoms with Crippen molar-refractivity contribution < 1.29 is 9.13 Å². The van der Waals surface area contributed by atoms with Crippen LogP contribution in [0, 0.1) is 12.7 Å². The molecule has 0 saturated heterocycles. The second kappa shape index (κ2) is 8.49. The van der Waals surface area contributed by atoms with Crippen molar-refractivity contribution in [3.05, 3.63) is 75.6 Å². The van der Waals surface area contributed by atoms with Crippen molar-refractivity contribution in [1.29, 1.82) is 0 Å². The average molecular weight is 427 g/mol. The van der Waals surface area contributed by atoms with Crippen LogP contribution in [-0.2, 0) is 4.74 Å². The second-order valence-electron chi connectivity index (χ2n) is 6.43. The maximum absolute atomic E-state index is 13.7. The van der Waals surface area contributed by atoms with Gasteiger partial charge in [-0.15, -0.1) is 11.3 Å². The van der Waals surface area contributed by atoms with Gasteiger partial charge in [-0.25, -0.2) is 9.37 Å². The molecule has 0 N–H and O–H groups in total. The predicted octanol–water partition coefficient (Wildman–Crippen LogP) is 5.30. The Hall–Kier alpha value is -2.48. The van der Waals surface area contributed by atoms with E-state index in [1.165, 1.54) is 35.2 Å². The van der Waals surface area contributed by atoms with Crippen molar-refractivity contribution >= 4 is 33.3 Å². The Kier molecular flexibility index (Phi) is 5.80. The number of hydrogen-bond acceptors (Lipinski definition) is 5. The summed E-state index contributed by atoms with van der Waals surface area (Å²) in [6, 6.07) is 15.7. The third-order valence-corrected chi connectivity index (χ3v) is 6.44. The van der Waals surface area contributed by atoms with Crippen LogP contribution in [0.1, 0.15) is 4.88 Å². The summed E-state index contributed by atoms with van der Waals surface area (Å²) in [5.41, 5.74) is 2.28. The van der Waals surface area contributed by atoms with Gasteiger partial charge in [-0.1, -0.05) is 42.1 Å². The molecule has 2 aromatic carbocycles. The van der Waals surface area contributed by atoms with E-state index >= 15 is 0 Å². The third-order valence-electron chi connectivity index (χ3n) is 4.54. The first-order valence-corrected chi connectivity index (χ1v) is 10.9. The highest BCUT2D eigenvalue weighted by Crippen LogP contribution is 2.37. The summed E-state index contributed by atoms with van der Waals surface area (Å²) in [6.07, 6.45) is 0. The lowest BCUT2D eigenvalue weighted by atomic mass is 10.0. The van der Waals surface area contributed by atoms with Gasteiger partial charge in [-0.3, -0.25) is 9.36 Å². The van der Waals surface area contributed by atoms with Crippen molar-refractivity contribution in [3.63, 3.8) is 0 Å². The highest BCUT2D eigenvalue weighted by Gasteiger charge is 2.20. The SMILES string of the molecule is COCCSc1nc2sc(C)c(-c3ccc(F)cc3)c2c(=O)n1-c1ccccc1. The number of halogens is 1. The highest BCUT2D eigenvalue weighted by molar-refractivity contribution is 7.99. The number of aryl methyl sites for hydroxylation is 1. The minimum Gasteiger partial charge on any atom is -0.384 e. The minimum absolute atomic E-state index is 0.121. The Bertz CT molecular complexity index is 1200. The Morgan fingerprint density at radius 3 is 2.55 bits per heavy atom. The Labute approximate surface area is 176 Å². The maximum atomic E-state index is 13.7. The van der Waals surface area contributed by atoms with E-state index in [4.69, 9.17) is 9.72 Å². The fourth-order valence-electron chi connectivity index (χ4n) is 3.22. The molecule has 2 aromatic heterocycles. The molecule has 0 radical (unpaired) electrons. The molecule has 0 bridgehead atoms. The van der Waals surface area contributed by atoms with Gasteiger partial charge in [-0.05, 0) is 36.8 Å². The monoisotopic (exact) mass is 426 g/mol. The first-order valence-electron chi connectivity index (χ1n) is 9.09. The molecule has 4 nitrogen and oxygen atoms in total. The molecule has 148 valence electrons. The second-order valence-corrected chi connectivity index (χ2v) is 8.70. The van der Waals surface area contributed by atoms with Crippen molar-refractivity contribution in [1.82, 2.24) is 9.55 Å². The number of thiophene rings is 1. The molecule has 0 unspecified atom stereocenters. The van der Waals surface area contributed by atoms with Crippen LogP contribution in [0.4, 0.5) is 4.39 Å². The molecule has 0 atom stereocenters. The lowest BCUT2D eigenvalue weighted by Crippen LogP contribution is -2.21. The first-order chi connectivity index (χ1) is 14.1. The van der Waals surface area contributed by atoms with Gasteiger partial charge in [0.05, 0.1) is 17.7 Å². The van der Waals surface area contributed by atoms with Gasteiger partial charge in [0.25, 0.3) is 5.56 Å². The van der Waals surface area contributed by atoms with E-state index in [1.807, 2.05) is 37.3 Å². The molecule has 4 aromatic rings. The van der Waals surface area contributed by atoms with Gasteiger partial charge >= 0.3 is 0 Å². The Morgan fingerprint density at radius 2 is 1.86 bits per heavy atom. The lowest BCUT2D eigenvalue weighted by molar-refractivity contribution is 0.218. The topological polar surface area (TPSA) is 44.1 Å². The lowest BCUT2D eigenvalue weighted by Gasteiger charge is -2.12. The third kappa shape index (κ3) is 3.85. The Morgan fingerprint density at radius 1 is 1.14 bits per heavy atom. The number of rotatable bonds is 6. The number of hydrogen-bond donors (Lipinski definition) is 0. The van der Waals surface area contributed by atoms with Gasteiger partial charge in [0.2, 0.25) is 0 Å². The van der Waals surface area contributed by atoms with E-state index in [0.29, 0.717) is 27.7 Å². The quantitative estimate of drug-likeness (QED) is 0.238. The zero-order valence-electron chi connectivity index (χ0n) is 16.0. The van der Waals surface area contributed by atoms with Gasteiger partial charge in [-0.2, -0.15) is 0 Å². The molecular formula is C22H19FN2O2S2. The predicted molar refractivity (Wildman–Crippen MR) is 118 cm³/mol. The molecular weight excluding hydrogens is 407 g/mol. The minimum atomic E-state index is -0.303.